The number of thiophene rings is 1. The van der Waals surface area contributed by atoms with Crippen molar-refractivity contribution < 1.29 is 14.6 Å². The molecule has 7 nitrogen and oxygen atoms in total. The quantitative estimate of drug-likeness (QED) is 0.343. The number of hydrogen-bond donors (Lipinski definition) is 2. The predicted octanol–water partition coefficient (Wildman–Crippen LogP) is 2.59. The lowest BCUT2D eigenvalue weighted by molar-refractivity contribution is -0.108. The van der Waals surface area contributed by atoms with Crippen molar-refractivity contribution in [3.63, 3.8) is 0 Å². The van der Waals surface area contributed by atoms with Crippen LogP contribution in [-0.4, -0.2) is 74.5 Å². The van der Waals surface area contributed by atoms with E-state index >= 15 is 0 Å². The van der Waals surface area contributed by atoms with E-state index in [1.807, 2.05) is 18.3 Å². The first-order valence-electron chi connectivity index (χ1n) is 11.2. The Bertz CT molecular complexity index is 796. The molecule has 0 aromatic carbocycles. The number of aliphatic imine (C=N–C) groups is 1. The molecule has 1 unspecified atom stereocenters. The number of nitrogens with zero attached hydrogens (tertiary/aromatic N) is 3. The van der Waals surface area contributed by atoms with Gasteiger partial charge in [0.2, 0.25) is 0 Å². The van der Waals surface area contributed by atoms with Gasteiger partial charge in [0.15, 0.2) is 0 Å². The fourth-order valence-electron chi connectivity index (χ4n) is 4.69. The molecule has 0 bridgehead atoms. The lowest BCUT2D eigenvalue weighted by Crippen LogP contribution is -2.51. The number of hydrazone groups is 1. The number of aliphatic hydroxyl groups is 1. The summed E-state index contributed by atoms with van der Waals surface area (Å²) in [6, 6.07) is 2.74. The summed E-state index contributed by atoms with van der Waals surface area (Å²) < 4.78 is 11.6. The smallest absolute Gasteiger partial charge is 0.0969 e. The second-order valence-electron chi connectivity index (χ2n) is 9.26. The van der Waals surface area contributed by atoms with Crippen LogP contribution in [0.2, 0.25) is 0 Å². The third-order valence-electron chi connectivity index (χ3n) is 6.58. The molecule has 0 amide bonds. The Morgan fingerprint density at radius 3 is 3.00 bits per heavy atom. The Kier molecular flexibility index (Phi) is 8.26. The van der Waals surface area contributed by atoms with Crippen molar-refractivity contribution >= 4 is 23.3 Å². The van der Waals surface area contributed by atoms with Gasteiger partial charge in [-0.05, 0) is 37.8 Å². The maximum Gasteiger partial charge on any atom is 0.0969 e. The van der Waals surface area contributed by atoms with Gasteiger partial charge in [0, 0.05) is 60.6 Å². The zero-order valence-electron chi connectivity index (χ0n) is 19.4. The van der Waals surface area contributed by atoms with Gasteiger partial charge in [0.25, 0.3) is 0 Å². The summed E-state index contributed by atoms with van der Waals surface area (Å²) >= 11 is 1.96. The van der Waals surface area contributed by atoms with Gasteiger partial charge in [0.05, 0.1) is 31.1 Å². The number of hydrogen-bond acceptors (Lipinski definition) is 8. The van der Waals surface area contributed by atoms with E-state index in [1.54, 1.807) is 13.3 Å². The topological polar surface area (TPSA) is 92.7 Å². The minimum Gasteiger partial charge on any atom is -0.396 e. The van der Waals surface area contributed by atoms with Crippen LogP contribution in [0.25, 0.3) is 0 Å². The van der Waals surface area contributed by atoms with Crippen LogP contribution in [0.5, 0.6) is 0 Å². The number of methoxy groups -OCH3 is 1. The van der Waals surface area contributed by atoms with E-state index in [0.29, 0.717) is 25.7 Å². The van der Waals surface area contributed by atoms with Crippen molar-refractivity contribution in [2.45, 2.75) is 58.1 Å². The summed E-state index contributed by atoms with van der Waals surface area (Å²) in [5.74, 6) is 5.67. The summed E-state index contributed by atoms with van der Waals surface area (Å²) in [4.78, 5) is 9.88. The van der Waals surface area contributed by atoms with Gasteiger partial charge < -0.3 is 20.4 Å². The average molecular weight is 451 g/mol. The van der Waals surface area contributed by atoms with Crippen molar-refractivity contribution in [2.24, 2.45) is 21.4 Å². The molecule has 3 N–H and O–H groups in total. The molecule has 0 aliphatic carbocycles. The monoisotopic (exact) mass is 450 g/mol. The largest absolute Gasteiger partial charge is 0.396 e. The molecule has 174 valence electrons. The van der Waals surface area contributed by atoms with E-state index in [2.05, 4.69) is 34.9 Å². The maximum atomic E-state index is 9.61. The van der Waals surface area contributed by atoms with E-state index in [4.69, 9.17) is 15.3 Å². The van der Waals surface area contributed by atoms with E-state index in [9.17, 15) is 5.11 Å². The number of likely N-dealkylation sites (tertiary alicyclic amines) is 1. The van der Waals surface area contributed by atoms with Gasteiger partial charge in [0.1, 0.15) is 0 Å². The lowest BCUT2D eigenvalue weighted by atomic mass is 9.79. The molecular formula is C23H38N4O3S. The van der Waals surface area contributed by atoms with Crippen molar-refractivity contribution in [1.29, 1.82) is 0 Å². The zero-order valence-corrected chi connectivity index (χ0v) is 20.2. The van der Waals surface area contributed by atoms with Crippen LogP contribution in [0.15, 0.2) is 16.2 Å². The molecule has 1 saturated heterocycles. The van der Waals surface area contributed by atoms with Crippen molar-refractivity contribution in [3.8, 4) is 0 Å². The second kappa shape index (κ2) is 10.5. The third-order valence-corrected chi connectivity index (χ3v) is 7.92. The van der Waals surface area contributed by atoms with Crippen LogP contribution < -0.4 is 5.84 Å². The Morgan fingerprint density at radius 1 is 1.55 bits per heavy atom. The number of piperidine rings is 1. The summed E-state index contributed by atoms with van der Waals surface area (Å²) in [6.45, 7) is 9.78. The standard InChI is InChI=1S/C23H38N4O3S/c1-5-19-10-20-21(31-19)6-9-30-23(20)7-8-27(17(2)11-23)13-18(26-24)12-25-14-22(3,15-28)16-29-4/h10,12,17,28H,5-9,11,13-16,24H2,1-4H3/b25-12?,26-18+/t17-,22?,23+/m0/s1. The van der Waals surface area contributed by atoms with Crippen LogP contribution in [0.4, 0.5) is 0 Å². The highest BCUT2D eigenvalue weighted by Gasteiger charge is 2.44. The minimum atomic E-state index is -0.399. The molecule has 8 heteroatoms. The molecule has 1 fully saturated rings. The summed E-state index contributed by atoms with van der Waals surface area (Å²) in [7, 11) is 1.63. The van der Waals surface area contributed by atoms with Crippen LogP contribution >= 0.6 is 11.3 Å². The molecule has 0 saturated carbocycles. The first-order chi connectivity index (χ1) is 14.9. The first-order valence-corrected chi connectivity index (χ1v) is 12.1. The highest BCUT2D eigenvalue weighted by Crippen LogP contribution is 2.46. The number of aryl methyl sites for hydroxylation is 1. The Labute approximate surface area is 190 Å². The van der Waals surface area contributed by atoms with Crippen LogP contribution in [0.3, 0.4) is 0 Å². The molecule has 3 atom stereocenters. The number of rotatable bonds is 9. The van der Waals surface area contributed by atoms with Gasteiger partial charge in [-0.2, -0.15) is 5.10 Å². The van der Waals surface area contributed by atoms with Gasteiger partial charge in [-0.1, -0.05) is 13.8 Å². The van der Waals surface area contributed by atoms with E-state index in [-0.39, 0.29) is 12.2 Å². The third kappa shape index (κ3) is 5.54. The molecule has 2 aliphatic heterocycles. The Hall–Kier alpha value is -1.32. The highest BCUT2D eigenvalue weighted by atomic mass is 32.1. The fourth-order valence-corrected chi connectivity index (χ4v) is 5.87. The Balaban J connectivity index is 1.63. The lowest BCUT2D eigenvalue weighted by Gasteiger charge is -2.47. The number of ether oxygens (including phenoxy) is 2. The van der Waals surface area contributed by atoms with Crippen molar-refractivity contribution in [2.75, 3.05) is 46.6 Å². The van der Waals surface area contributed by atoms with Gasteiger partial charge in [-0.15, -0.1) is 11.3 Å². The van der Waals surface area contributed by atoms with Crippen LogP contribution in [0.1, 0.15) is 48.9 Å². The molecule has 1 aromatic rings. The van der Waals surface area contributed by atoms with E-state index in [1.165, 1.54) is 15.3 Å². The first kappa shape index (κ1) is 24.3. The number of aliphatic hydroxyl groups excluding tert-OH is 1. The van der Waals surface area contributed by atoms with Crippen molar-refractivity contribution in [1.82, 2.24) is 4.90 Å². The van der Waals surface area contributed by atoms with E-state index in [0.717, 1.165) is 44.5 Å². The minimum absolute atomic E-state index is 0.0167. The number of fused-ring (bicyclic) bond motifs is 2. The number of nitrogens with two attached hydrogens (primary N) is 1. The summed E-state index contributed by atoms with van der Waals surface area (Å²) in [6.07, 6.45) is 5.82. The van der Waals surface area contributed by atoms with Gasteiger partial charge in [-0.3, -0.25) is 9.89 Å². The predicted molar refractivity (Wildman–Crippen MR) is 127 cm³/mol. The Morgan fingerprint density at radius 2 is 2.35 bits per heavy atom. The molecule has 0 radical (unpaired) electrons. The summed E-state index contributed by atoms with van der Waals surface area (Å²) in [5, 5.41) is 13.6. The molecule has 3 rings (SSSR count). The fraction of sp³-hybridized carbons (Fsp3) is 0.739. The van der Waals surface area contributed by atoms with E-state index < -0.39 is 5.41 Å². The molecule has 3 heterocycles. The molecule has 1 spiro atoms. The summed E-state index contributed by atoms with van der Waals surface area (Å²) in [5.41, 5.74) is 1.63. The van der Waals surface area contributed by atoms with Crippen LogP contribution in [0, 0.1) is 5.41 Å². The van der Waals surface area contributed by atoms with Gasteiger partial charge in [-0.25, -0.2) is 0 Å². The second-order valence-corrected chi connectivity index (χ2v) is 10.5. The molecular weight excluding hydrogens is 412 g/mol. The molecule has 1 aromatic heterocycles. The van der Waals surface area contributed by atoms with Crippen LogP contribution in [-0.2, 0) is 27.9 Å². The highest BCUT2D eigenvalue weighted by molar-refractivity contribution is 7.12. The average Bonchev–Trinajstić information content (AvgIpc) is 3.20. The molecule has 31 heavy (non-hydrogen) atoms. The maximum absolute atomic E-state index is 9.61. The molecule has 2 aliphatic rings. The SMILES string of the molecule is CCc1cc2c(s1)CCO[C@@]21CCN(C/C(C=NCC(C)(CO)COC)=N/N)[C@@H](C)C1. The van der Waals surface area contributed by atoms with Gasteiger partial charge >= 0.3 is 0 Å². The van der Waals surface area contributed by atoms with Crippen molar-refractivity contribution in [3.05, 3.63) is 21.4 Å². The zero-order chi connectivity index (χ0) is 22.5. The normalized spacial score (nSPS) is 27.0.